The van der Waals surface area contributed by atoms with Gasteiger partial charge in [-0.3, -0.25) is 0 Å². The smallest absolute Gasteiger partial charge is 0.222 e. The Morgan fingerprint density at radius 2 is 2.00 bits per heavy atom. The van der Waals surface area contributed by atoms with Crippen molar-refractivity contribution < 1.29 is 0 Å². The number of fused-ring (bicyclic) bond motifs is 1. The molecule has 0 spiro atoms. The van der Waals surface area contributed by atoms with E-state index in [9.17, 15) is 0 Å². The molecular formula is C9H12ClN3. The molecule has 1 aromatic rings. The van der Waals surface area contributed by atoms with E-state index < -0.39 is 0 Å². The minimum Gasteiger partial charge on any atom is -0.325 e. The number of halogens is 1. The van der Waals surface area contributed by atoms with E-state index in [-0.39, 0.29) is 0 Å². The van der Waals surface area contributed by atoms with Crippen LogP contribution in [0.15, 0.2) is 0 Å². The third-order valence-corrected chi connectivity index (χ3v) is 2.60. The standard InChI is InChI=1S/C9H12ClN3/c10-9-12-7-4-2-1-3-6(7)8(5-11)13-9/h1-5,11H2. The molecule has 13 heavy (non-hydrogen) atoms. The van der Waals surface area contributed by atoms with E-state index >= 15 is 0 Å². The molecule has 1 aliphatic rings. The van der Waals surface area contributed by atoms with E-state index in [1.807, 2.05) is 0 Å². The summed E-state index contributed by atoms with van der Waals surface area (Å²) < 4.78 is 0. The second kappa shape index (κ2) is 3.60. The van der Waals surface area contributed by atoms with Crippen LogP contribution in [0.4, 0.5) is 0 Å². The monoisotopic (exact) mass is 197 g/mol. The van der Waals surface area contributed by atoms with Crippen LogP contribution in [-0.4, -0.2) is 9.97 Å². The third kappa shape index (κ3) is 1.67. The summed E-state index contributed by atoms with van der Waals surface area (Å²) >= 11 is 5.78. The lowest BCUT2D eigenvalue weighted by molar-refractivity contribution is 0.651. The molecule has 0 amide bonds. The van der Waals surface area contributed by atoms with Gasteiger partial charge in [0.15, 0.2) is 0 Å². The van der Waals surface area contributed by atoms with Gasteiger partial charge in [-0.2, -0.15) is 0 Å². The Hall–Kier alpha value is -0.670. The van der Waals surface area contributed by atoms with Crippen molar-refractivity contribution in [3.05, 3.63) is 22.2 Å². The number of hydrogen-bond donors (Lipinski definition) is 1. The molecule has 0 fully saturated rings. The molecular weight excluding hydrogens is 186 g/mol. The van der Waals surface area contributed by atoms with Crippen LogP contribution in [0.2, 0.25) is 5.28 Å². The van der Waals surface area contributed by atoms with Crippen LogP contribution in [0.25, 0.3) is 0 Å². The summed E-state index contributed by atoms with van der Waals surface area (Å²) in [7, 11) is 0. The Kier molecular flexibility index (Phi) is 2.47. The van der Waals surface area contributed by atoms with Crippen LogP contribution < -0.4 is 5.73 Å². The number of rotatable bonds is 1. The van der Waals surface area contributed by atoms with E-state index in [2.05, 4.69) is 9.97 Å². The molecule has 2 N–H and O–H groups in total. The molecule has 0 aliphatic heterocycles. The summed E-state index contributed by atoms with van der Waals surface area (Å²) in [5, 5.41) is 0.334. The number of nitrogens with two attached hydrogens (primary N) is 1. The summed E-state index contributed by atoms with van der Waals surface area (Å²) in [6.07, 6.45) is 4.49. The van der Waals surface area contributed by atoms with Crippen LogP contribution in [0.1, 0.15) is 29.8 Å². The molecule has 0 saturated carbocycles. The summed E-state index contributed by atoms with van der Waals surface area (Å²) in [6, 6.07) is 0. The van der Waals surface area contributed by atoms with Crippen LogP contribution >= 0.6 is 11.6 Å². The van der Waals surface area contributed by atoms with Gasteiger partial charge in [-0.15, -0.1) is 0 Å². The topological polar surface area (TPSA) is 51.8 Å². The maximum absolute atomic E-state index is 5.78. The van der Waals surface area contributed by atoms with E-state index in [0.717, 1.165) is 24.2 Å². The lowest BCUT2D eigenvalue weighted by Crippen LogP contribution is -2.13. The Bertz CT molecular complexity index is 308. The van der Waals surface area contributed by atoms with Crippen LogP contribution in [0.3, 0.4) is 0 Å². The van der Waals surface area contributed by atoms with E-state index in [0.29, 0.717) is 11.8 Å². The highest BCUT2D eigenvalue weighted by Crippen LogP contribution is 2.22. The molecule has 0 unspecified atom stereocenters. The number of aryl methyl sites for hydroxylation is 1. The molecule has 0 atom stereocenters. The number of aromatic nitrogens is 2. The van der Waals surface area contributed by atoms with Gasteiger partial charge in [-0.25, -0.2) is 9.97 Å². The van der Waals surface area contributed by atoms with Crippen molar-refractivity contribution in [2.24, 2.45) is 5.73 Å². The molecule has 3 nitrogen and oxygen atoms in total. The van der Waals surface area contributed by atoms with E-state index in [1.54, 1.807) is 0 Å². The first kappa shape index (κ1) is 8.91. The molecule has 0 aromatic carbocycles. The Morgan fingerprint density at radius 1 is 1.23 bits per heavy atom. The number of nitrogens with zero attached hydrogens (tertiary/aromatic N) is 2. The third-order valence-electron chi connectivity index (χ3n) is 2.43. The van der Waals surface area contributed by atoms with E-state index in [4.69, 9.17) is 17.3 Å². The van der Waals surface area contributed by atoms with Gasteiger partial charge in [-0.05, 0) is 42.8 Å². The van der Waals surface area contributed by atoms with Crippen molar-refractivity contribution in [3.63, 3.8) is 0 Å². The highest BCUT2D eigenvalue weighted by Gasteiger charge is 2.15. The summed E-state index contributed by atoms with van der Waals surface area (Å²) in [4.78, 5) is 8.36. The fraction of sp³-hybridized carbons (Fsp3) is 0.556. The number of hydrogen-bond acceptors (Lipinski definition) is 3. The summed E-state index contributed by atoms with van der Waals surface area (Å²) in [5.41, 5.74) is 8.86. The lowest BCUT2D eigenvalue weighted by atomic mass is 9.95. The van der Waals surface area contributed by atoms with Crippen LogP contribution in [-0.2, 0) is 19.4 Å². The van der Waals surface area contributed by atoms with Gasteiger partial charge >= 0.3 is 0 Å². The minimum atomic E-state index is 0.334. The van der Waals surface area contributed by atoms with Crippen molar-refractivity contribution in [3.8, 4) is 0 Å². The first-order valence-electron chi connectivity index (χ1n) is 4.55. The maximum Gasteiger partial charge on any atom is 0.222 e. The van der Waals surface area contributed by atoms with Crippen molar-refractivity contribution >= 4 is 11.6 Å². The predicted molar refractivity (Wildman–Crippen MR) is 51.6 cm³/mol. The van der Waals surface area contributed by atoms with Gasteiger partial charge in [0.05, 0.1) is 5.69 Å². The van der Waals surface area contributed by atoms with Crippen molar-refractivity contribution in [1.82, 2.24) is 9.97 Å². The van der Waals surface area contributed by atoms with E-state index in [1.165, 1.54) is 18.4 Å². The first-order chi connectivity index (χ1) is 6.31. The summed E-state index contributed by atoms with van der Waals surface area (Å²) in [6.45, 7) is 0.463. The fourth-order valence-electron chi connectivity index (χ4n) is 1.81. The zero-order chi connectivity index (χ0) is 9.26. The highest BCUT2D eigenvalue weighted by atomic mass is 35.5. The zero-order valence-corrected chi connectivity index (χ0v) is 8.14. The van der Waals surface area contributed by atoms with Crippen molar-refractivity contribution in [1.29, 1.82) is 0 Å². The molecule has 0 saturated heterocycles. The Balaban J connectivity index is 2.50. The maximum atomic E-state index is 5.78. The largest absolute Gasteiger partial charge is 0.325 e. The first-order valence-corrected chi connectivity index (χ1v) is 4.93. The molecule has 1 aliphatic carbocycles. The van der Waals surface area contributed by atoms with Crippen LogP contribution in [0.5, 0.6) is 0 Å². The van der Waals surface area contributed by atoms with Gasteiger partial charge in [0, 0.05) is 12.2 Å². The molecule has 0 bridgehead atoms. The van der Waals surface area contributed by atoms with Gasteiger partial charge in [0.2, 0.25) is 5.28 Å². The quantitative estimate of drug-likeness (QED) is 0.694. The molecule has 70 valence electrons. The van der Waals surface area contributed by atoms with Crippen molar-refractivity contribution in [2.45, 2.75) is 32.2 Å². The average molecular weight is 198 g/mol. The van der Waals surface area contributed by atoms with Gasteiger partial charge in [0.1, 0.15) is 0 Å². The average Bonchev–Trinajstić information content (AvgIpc) is 2.16. The summed E-state index contributed by atoms with van der Waals surface area (Å²) in [5.74, 6) is 0. The lowest BCUT2D eigenvalue weighted by Gasteiger charge is -2.16. The fourth-order valence-corrected chi connectivity index (χ4v) is 2.01. The highest BCUT2D eigenvalue weighted by molar-refractivity contribution is 6.28. The molecule has 1 aromatic heterocycles. The van der Waals surface area contributed by atoms with Crippen LogP contribution in [0, 0.1) is 0 Å². The predicted octanol–water partition coefficient (Wildman–Crippen LogP) is 1.47. The SMILES string of the molecule is NCc1nc(Cl)nc2c1CCCC2. The zero-order valence-electron chi connectivity index (χ0n) is 7.39. The Morgan fingerprint density at radius 3 is 2.77 bits per heavy atom. The van der Waals surface area contributed by atoms with Gasteiger partial charge < -0.3 is 5.73 Å². The van der Waals surface area contributed by atoms with Gasteiger partial charge in [-0.1, -0.05) is 0 Å². The second-order valence-electron chi connectivity index (χ2n) is 3.28. The normalized spacial score (nSPS) is 15.5. The molecule has 2 rings (SSSR count). The Labute approximate surface area is 82.3 Å². The molecule has 1 heterocycles. The molecule has 4 heteroatoms. The minimum absolute atomic E-state index is 0.334. The second-order valence-corrected chi connectivity index (χ2v) is 3.61. The van der Waals surface area contributed by atoms with Crippen molar-refractivity contribution in [2.75, 3.05) is 0 Å². The molecule has 0 radical (unpaired) electrons. The van der Waals surface area contributed by atoms with Gasteiger partial charge in [0.25, 0.3) is 0 Å².